The van der Waals surface area contributed by atoms with Crippen molar-refractivity contribution >= 4 is 21.8 Å². The van der Waals surface area contributed by atoms with Gasteiger partial charge in [-0.05, 0) is 42.7 Å². The lowest BCUT2D eigenvalue weighted by molar-refractivity contribution is -0.140. The van der Waals surface area contributed by atoms with E-state index in [0.29, 0.717) is 5.75 Å². The lowest BCUT2D eigenvalue weighted by atomic mass is 10.0. The highest BCUT2D eigenvalue weighted by atomic mass is 32.2. The molecule has 1 fully saturated rings. The topological polar surface area (TPSA) is 105 Å². The van der Waals surface area contributed by atoms with Gasteiger partial charge in [0.1, 0.15) is 11.8 Å². The molecule has 1 heterocycles. The van der Waals surface area contributed by atoms with E-state index in [9.17, 15) is 31.2 Å². The molecule has 196 valence electrons. The summed E-state index contributed by atoms with van der Waals surface area (Å²) in [6.45, 7) is 1.20. The largest absolute Gasteiger partial charge is 0.497 e. The van der Waals surface area contributed by atoms with Crippen molar-refractivity contribution in [2.24, 2.45) is 0 Å². The predicted molar refractivity (Wildman–Crippen MR) is 126 cm³/mol. The van der Waals surface area contributed by atoms with Crippen LogP contribution in [0, 0.1) is 0 Å². The van der Waals surface area contributed by atoms with Gasteiger partial charge in [-0.25, -0.2) is 8.42 Å². The zero-order valence-electron chi connectivity index (χ0n) is 19.8. The van der Waals surface area contributed by atoms with Crippen LogP contribution in [-0.2, 0) is 32.2 Å². The van der Waals surface area contributed by atoms with Crippen LogP contribution in [0.5, 0.6) is 5.75 Å². The summed E-state index contributed by atoms with van der Waals surface area (Å²) in [4.78, 5) is 23.8. The van der Waals surface area contributed by atoms with Gasteiger partial charge in [-0.2, -0.15) is 17.5 Å². The Balaban J connectivity index is 1.65. The van der Waals surface area contributed by atoms with Crippen molar-refractivity contribution in [1.29, 1.82) is 0 Å². The monoisotopic (exact) mass is 527 g/mol. The molecule has 1 aliphatic rings. The van der Waals surface area contributed by atoms with Crippen LogP contribution in [0.15, 0.2) is 53.4 Å². The SMILES string of the molecule is COc1ccc(C[C@H](NC(C)=O)C(=O)NC2CCN(S(=O)(=O)c3ccccc3C(F)(F)F)CC2)cc1. The van der Waals surface area contributed by atoms with Gasteiger partial charge in [-0.15, -0.1) is 0 Å². The first-order valence-electron chi connectivity index (χ1n) is 11.3. The number of hydrogen-bond acceptors (Lipinski definition) is 5. The predicted octanol–water partition coefficient (Wildman–Crippen LogP) is 2.73. The number of carbonyl (C=O) groups is 2. The van der Waals surface area contributed by atoms with Crippen molar-refractivity contribution in [3.05, 3.63) is 59.7 Å². The molecular formula is C24H28F3N3O5S. The van der Waals surface area contributed by atoms with Crippen molar-refractivity contribution in [2.75, 3.05) is 20.2 Å². The molecule has 0 bridgehead atoms. The minimum Gasteiger partial charge on any atom is -0.497 e. The molecule has 1 saturated heterocycles. The number of alkyl halides is 3. The highest BCUT2D eigenvalue weighted by Crippen LogP contribution is 2.35. The third-order valence-electron chi connectivity index (χ3n) is 5.90. The number of nitrogens with zero attached hydrogens (tertiary/aromatic N) is 1. The Morgan fingerprint density at radius 2 is 1.69 bits per heavy atom. The second-order valence-corrected chi connectivity index (χ2v) is 10.4. The van der Waals surface area contributed by atoms with Gasteiger partial charge in [-0.3, -0.25) is 9.59 Å². The first-order chi connectivity index (χ1) is 16.9. The van der Waals surface area contributed by atoms with Crippen LogP contribution in [0.25, 0.3) is 0 Å². The fraction of sp³-hybridized carbons (Fsp3) is 0.417. The number of carbonyl (C=O) groups excluding carboxylic acids is 2. The molecule has 0 aliphatic carbocycles. The molecular weight excluding hydrogens is 499 g/mol. The number of halogens is 3. The van der Waals surface area contributed by atoms with Gasteiger partial charge < -0.3 is 15.4 Å². The maximum Gasteiger partial charge on any atom is 0.417 e. The molecule has 2 aromatic carbocycles. The molecule has 0 aromatic heterocycles. The molecule has 12 heteroatoms. The number of benzene rings is 2. The summed E-state index contributed by atoms with van der Waals surface area (Å²) in [5.41, 5.74) is -0.411. The summed E-state index contributed by atoms with van der Waals surface area (Å²) < 4.78 is 72.0. The Bertz CT molecular complexity index is 1180. The maximum atomic E-state index is 13.3. The van der Waals surface area contributed by atoms with Gasteiger partial charge in [0.25, 0.3) is 0 Å². The number of rotatable bonds is 8. The smallest absolute Gasteiger partial charge is 0.417 e. The zero-order chi connectivity index (χ0) is 26.5. The second-order valence-electron chi connectivity index (χ2n) is 8.49. The van der Waals surface area contributed by atoms with Crippen LogP contribution in [0.3, 0.4) is 0 Å². The summed E-state index contributed by atoms with van der Waals surface area (Å²) in [5.74, 6) is -0.156. The van der Waals surface area contributed by atoms with Gasteiger partial charge >= 0.3 is 6.18 Å². The van der Waals surface area contributed by atoms with Gasteiger partial charge in [-0.1, -0.05) is 24.3 Å². The third-order valence-corrected chi connectivity index (χ3v) is 7.86. The van der Waals surface area contributed by atoms with E-state index in [1.165, 1.54) is 20.1 Å². The summed E-state index contributed by atoms with van der Waals surface area (Å²) in [7, 11) is -2.84. The molecule has 8 nitrogen and oxygen atoms in total. The van der Waals surface area contributed by atoms with E-state index in [1.54, 1.807) is 24.3 Å². The van der Waals surface area contributed by atoms with Crippen LogP contribution < -0.4 is 15.4 Å². The average molecular weight is 528 g/mol. The molecule has 2 aromatic rings. The molecule has 0 radical (unpaired) electrons. The number of ether oxygens (including phenoxy) is 1. The fourth-order valence-corrected chi connectivity index (χ4v) is 5.74. The molecule has 0 saturated carbocycles. The molecule has 0 spiro atoms. The Labute approximate surface area is 207 Å². The second kappa shape index (κ2) is 11.3. The number of piperidine rings is 1. The van der Waals surface area contributed by atoms with E-state index >= 15 is 0 Å². The number of amides is 2. The first-order valence-corrected chi connectivity index (χ1v) is 12.7. The molecule has 3 rings (SSSR count). The van der Waals surface area contributed by atoms with Gasteiger partial charge in [0.15, 0.2) is 0 Å². The Morgan fingerprint density at radius 3 is 2.25 bits per heavy atom. The molecule has 0 unspecified atom stereocenters. The Kier molecular flexibility index (Phi) is 8.62. The fourth-order valence-electron chi connectivity index (χ4n) is 4.06. The zero-order valence-corrected chi connectivity index (χ0v) is 20.7. The minimum absolute atomic E-state index is 0.0528. The number of hydrogen-bond donors (Lipinski definition) is 2. The van der Waals surface area contributed by atoms with E-state index in [4.69, 9.17) is 4.74 Å². The third kappa shape index (κ3) is 6.76. The van der Waals surface area contributed by atoms with Crippen LogP contribution in [0.2, 0.25) is 0 Å². The molecule has 2 N–H and O–H groups in total. The van der Waals surface area contributed by atoms with Crippen molar-refractivity contribution in [3.63, 3.8) is 0 Å². The van der Waals surface area contributed by atoms with E-state index in [0.717, 1.165) is 28.1 Å². The van der Waals surface area contributed by atoms with Crippen molar-refractivity contribution < 1.29 is 35.9 Å². The Morgan fingerprint density at radius 1 is 1.08 bits per heavy atom. The summed E-state index contributed by atoms with van der Waals surface area (Å²) in [5, 5.41) is 5.46. The standard InChI is InChI=1S/C24H28F3N3O5S/c1-16(31)28-21(15-17-7-9-19(35-2)10-8-17)23(32)29-18-11-13-30(14-12-18)36(33,34)22-6-4-3-5-20(22)24(25,26)27/h3-10,18,21H,11-15H2,1-2H3,(H,28,31)(H,29,32)/t21-/m0/s1. The quantitative estimate of drug-likeness (QED) is 0.550. The van der Waals surface area contributed by atoms with Crippen LogP contribution in [0.1, 0.15) is 30.9 Å². The van der Waals surface area contributed by atoms with Crippen LogP contribution in [0.4, 0.5) is 13.2 Å². The Hall–Kier alpha value is -3.12. The van der Waals surface area contributed by atoms with E-state index < -0.39 is 44.6 Å². The number of sulfonamides is 1. The van der Waals surface area contributed by atoms with Crippen molar-refractivity contribution in [3.8, 4) is 5.75 Å². The lowest BCUT2D eigenvalue weighted by Crippen LogP contribution is -2.53. The molecule has 2 amide bonds. The first kappa shape index (κ1) is 27.5. The van der Waals surface area contributed by atoms with Gasteiger partial charge in [0, 0.05) is 32.5 Å². The molecule has 36 heavy (non-hydrogen) atoms. The van der Waals surface area contributed by atoms with Gasteiger partial charge in [0.2, 0.25) is 21.8 Å². The lowest BCUT2D eigenvalue weighted by Gasteiger charge is -2.33. The summed E-state index contributed by atoms with van der Waals surface area (Å²) in [6.07, 6.45) is -4.14. The van der Waals surface area contributed by atoms with Gasteiger partial charge in [0.05, 0.1) is 17.6 Å². The normalized spacial score (nSPS) is 16.2. The molecule has 1 atom stereocenters. The minimum atomic E-state index is -4.81. The highest BCUT2D eigenvalue weighted by molar-refractivity contribution is 7.89. The van der Waals surface area contributed by atoms with Crippen molar-refractivity contribution in [1.82, 2.24) is 14.9 Å². The maximum absolute atomic E-state index is 13.3. The van der Waals surface area contributed by atoms with E-state index in [1.807, 2.05) is 0 Å². The van der Waals surface area contributed by atoms with E-state index in [-0.39, 0.29) is 38.3 Å². The van der Waals surface area contributed by atoms with Crippen LogP contribution >= 0.6 is 0 Å². The van der Waals surface area contributed by atoms with E-state index in [2.05, 4.69) is 10.6 Å². The highest BCUT2D eigenvalue weighted by Gasteiger charge is 2.39. The summed E-state index contributed by atoms with van der Waals surface area (Å²) in [6, 6.07) is 9.88. The van der Waals surface area contributed by atoms with Crippen molar-refractivity contribution in [2.45, 2.75) is 49.3 Å². The van der Waals surface area contributed by atoms with Crippen LogP contribution in [-0.4, -0.2) is 56.8 Å². The number of methoxy groups -OCH3 is 1. The summed E-state index contributed by atoms with van der Waals surface area (Å²) >= 11 is 0. The average Bonchev–Trinajstić information content (AvgIpc) is 2.83. The number of nitrogens with one attached hydrogen (secondary N) is 2. The molecule has 1 aliphatic heterocycles.